The first-order chi connectivity index (χ1) is 10.2. The van der Waals surface area contributed by atoms with Crippen LogP contribution in [0.15, 0.2) is 18.2 Å². The maximum absolute atomic E-state index is 6.05. The molecule has 21 heavy (non-hydrogen) atoms. The van der Waals surface area contributed by atoms with E-state index in [-0.39, 0.29) is 6.10 Å². The molecule has 1 aliphatic heterocycles. The van der Waals surface area contributed by atoms with Crippen molar-refractivity contribution in [2.24, 2.45) is 0 Å². The Labute approximate surface area is 132 Å². The highest BCUT2D eigenvalue weighted by Gasteiger charge is 2.28. The van der Waals surface area contributed by atoms with Gasteiger partial charge in [-0.3, -0.25) is 4.90 Å². The average molecular weight is 309 g/mol. The Kier molecular flexibility index (Phi) is 4.72. The first kappa shape index (κ1) is 15.1. The molecule has 2 aliphatic rings. The summed E-state index contributed by atoms with van der Waals surface area (Å²) in [6.45, 7) is 1.00. The van der Waals surface area contributed by atoms with E-state index < -0.39 is 0 Å². The first-order valence-electron chi connectivity index (χ1n) is 7.98. The monoisotopic (exact) mass is 308 g/mol. The number of benzene rings is 1. The van der Waals surface area contributed by atoms with Gasteiger partial charge < -0.3 is 10.1 Å². The molecule has 1 heterocycles. The van der Waals surface area contributed by atoms with Crippen molar-refractivity contribution in [1.82, 2.24) is 10.2 Å². The Morgan fingerprint density at radius 1 is 1.29 bits per heavy atom. The predicted molar refractivity (Wildman–Crippen MR) is 87.3 cm³/mol. The maximum Gasteiger partial charge on any atom is 0.123 e. The second-order valence-corrected chi connectivity index (χ2v) is 6.87. The summed E-state index contributed by atoms with van der Waals surface area (Å²) in [5, 5.41) is 4.20. The summed E-state index contributed by atoms with van der Waals surface area (Å²) in [5.41, 5.74) is 1.25. The highest BCUT2D eigenvalue weighted by molar-refractivity contribution is 6.30. The highest BCUT2D eigenvalue weighted by Crippen LogP contribution is 2.32. The summed E-state index contributed by atoms with van der Waals surface area (Å²) in [6, 6.07) is 7.35. The van der Waals surface area contributed by atoms with Crippen LogP contribution in [0.5, 0.6) is 5.75 Å². The Morgan fingerprint density at radius 2 is 2.05 bits per heavy atom. The van der Waals surface area contributed by atoms with Crippen molar-refractivity contribution in [2.75, 3.05) is 20.6 Å². The smallest absolute Gasteiger partial charge is 0.123 e. The minimum absolute atomic E-state index is 0.269. The summed E-state index contributed by atoms with van der Waals surface area (Å²) in [6.07, 6.45) is 6.39. The number of likely N-dealkylation sites (N-methyl/N-ethyl adjacent to an activating group) is 1. The minimum atomic E-state index is 0.269. The van der Waals surface area contributed by atoms with E-state index in [1.807, 2.05) is 18.2 Å². The zero-order valence-corrected chi connectivity index (χ0v) is 13.7. The minimum Gasteiger partial charge on any atom is -0.488 e. The Bertz CT molecular complexity index is 486. The molecule has 1 atom stereocenters. The molecule has 1 saturated carbocycles. The number of halogens is 1. The summed E-state index contributed by atoms with van der Waals surface area (Å²) >= 11 is 6.05. The van der Waals surface area contributed by atoms with Gasteiger partial charge in [0.2, 0.25) is 0 Å². The van der Waals surface area contributed by atoms with Crippen molar-refractivity contribution in [3.8, 4) is 5.75 Å². The van der Waals surface area contributed by atoms with Crippen molar-refractivity contribution in [3.63, 3.8) is 0 Å². The maximum atomic E-state index is 6.05. The fourth-order valence-electron chi connectivity index (χ4n) is 3.67. The third kappa shape index (κ3) is 3.53. The third-order valence-electron chi connectivity index (χ3n) is 4.98. The lowest BCUT2D eigenvalue weighted by Gasteiger charge is -2.35. The molecule has 1 aliphatic carbocycles. The molecule has 1 aromatic rings. The Morgan fingerprint density at radius 3 is 2.76 bits per heavy atom. The topological polar surface area (TPSA) is 24.5 Å². The largest absolute Gasteiger partial charge is 0.488 e. The van der Waals surface area contributed by atoms with Crippen LogP contribution in [0.4, 0.5) is 0 Å². The first-order valence-corrected chi connectivity index (χ1v) is 8.36. The van der Waals surface area contributed by atoms with Crippen LogP contribution in [-0.2, 0) is 6.42 Å². The molecule has 0 spiro atoms. The zero-order valence-electron chi connectivity index (χ0n) is 12.9. The lowest BCUT2D eigenvalue weighted by Crippen LogP contribution is -2.43. The molecule has 0 aromatic heterocycles. The molecule has 1 N–H and O–H groups in total. The molecule has 0 radical (unpaired) electrons. The van der Waals surface area contributed by atoms with Crippen LogP contribution >= 0.6 is 11.6 Å². The molecular formula is C17H25ClN2O. The van der Waals surface area contributed by atoms with Gasteiger partial charge in [0.25, 0.3) is 0 Å². The van der Waals surface area contributed by atoms with Gasteiger partial charge in [0.1, 0.15) is 11.9 Å². The zero-order chi connectivity index (χ0) is 14.8. The van der Waals surface area contributed by atoms with Crippen LogP contribution in [0.1, 0.15) is 31.2 Å². The third-order valence-corrected chi connectivity index (χ3v) is 5.22. The number of ether oxygens (including phenoxy) is 1. The van der Waals surface area contributed by atoms with Gasteiger partial charge in [0.15, 0.2) is 0 Å². The molecule has 4 heteroatoms. The molecule has 1 unspecified atom stereocenters. The summed E-state index contributed by atoms with van der Waals surface area (Å²) < 4.78 is 6.05. The molecule has 0 saturated heterocycles. The Balaban J connectivity index is 1.52. The van der Waals surface area contributed by atoms with Crippen LogP contribution in [0.3, 0.4) is 0 Å². The molecular weight excluding hydrogens is 284 g/mol. The van der Waals surface area contributed by atoms with E-state index in [9.17, 15) is 0 Å². The fraction of sp³-hybridized carbons (Fsp3) is 0.647. The normalized spacial score (nSPS) is 28.5. The van der Waals surface area contributed by atoms with Gasteiger partial charge in [-0.15, -0.1) is 0 Å². The van der Waals surface area contributed by atoms with E-state index in [4.69, 9.17) is 16.3 Å². The van der Waals surface area contributed by atoms with Crippen molar-refractivity contribution in [3.05, 3.63) is 28.8 Å². The van der Waals surface area contributed by atoms with Gasteiger partial charge in [0, 0.05) is 30.1 Å². The summed E-state index contributed by atoms with van der Waals surface area (Å²) in [4.78, 5) is 2.49. The van der Waals surface area contributed by atoms with Gasteiger partial charge >= 0.3 is 0 Å². The number of fused-ring (bicyclic) bond motifs is 1. The number of hydrogen-bond acceptors (Lipinski definition) is 3. The van der Waals surface area contributed by atoms with Crippen LogP contribution in [0.2, 0.25) is 5.02 Å². The van der Waals surface area contributed by atoms with Gasteiger partial charge in [-0.1, -0.05) is 11.6 Å². The Hall–Kier alpha value is -0.770. The van der Waals surface area contributed by atoms with Gasteiger partial charge in [-0.25, -0.2) is 0 Å². The SMILES string of the molecule is CNC1CCC(N(C)CC2Cc3cc(Cl)ccc3O2)CC1. The van der Waals surface area contributed by atoms with Crippen molar-refractivity contribution < 1.29 is 4.74 Å². The van der Waals surface area contributed by atoms with Gasteiger partial charge in [0.05, 0.1) is 0 Å². The molecule has 3 rings (SSSR count). The number of rotatable bonds is 4. The van der Waals surface area contributed by atoms with E-state index in [1.54, 1.807) is 0 Å². The quantitative estimate of drug-likeness (QED) is 0.925. The van der Waals surface area contributed by atoms with Crippen LogP contribution in [0.25, 0.3) is 0 Å². The second kappa shape index (κ2) is 6.55. The molecule has 0 amide bonds. The standard InChI is InChI=1S/C17H25ClN2O/c1-19-14-4-6-15(7-5-14)20(2)11-16-10-12-9-13(18)3-8-17(12)21-16/h3,8-9,14-16,19H,4-7,10-11H2,1-2H3. The molecule has 116 valence electrons. The average Bonchev–Trinajstić information content (AvgIpc) is 2.88. The van der Waals surface area contributed by atoms with Crippen LogP contribution in [-0.4, -0.2) is 43.7 Å². The second-order valence-electron chi connectivity index (χ2n) is 6.43. The molecule has 1 fully saturated rings. The van der Waals surface area contributed by atoms with E-state index >= 15 is 0 Å². The van der Waals surface area contributed by atoms with Crippen molar-refractivity contribution in [2.45, 2.75) is 50.3 Å². The van der Waals surface area contributed by atoms with Crippen molar-refractivity contribution in [1.29, 1.82) is 0 Å². The lowest BCUT2D eigenvalue weighted by atomic mass is 9.90. The van der Waals surface area contributed by atoms with Gasteiger partial charge in [-0.05, 0) is 63.5 Å². The molecule has 0 bridgehead atoms. The number of nitrogens with zero attached hydrogens (tertiary/aromatic N) is 1. The van der Waals surface area contributed by atoms with Crippen LogP contribution < -0.4 is 10.1 Å². The lowest BCUT2D eigenvalue weighted by molar-refractivity contribution is 0.114. The van der Waals surface area contributed by atoms with E-state index in [0.717, 1.165) is 23.7 Å². The van der Waals surface area contributed by atoms with E-state index in [0.29, 0.717) is 12.1 Å². The number of hydrogen-bond donors (Lipinski definition) is 1. The number of nitrogens with one attached hydrogen (secondary N) is 1. The van der Waals surface area contributed by atoms with Gasteiger partial charge in [-0.2, -0.15) is 0 Å². The summed E-state index contributed by atoms with van der Waals surface area (Å²) in [7, 11) is 4.31. The predicted octanol–water partition coefficient (Wildman–Crippen LogP) is 3.11. The molecule has 3 nitrogen and oxygen atoms in total. The van der Waals surface area contributed by atoms with Crippen molar-refractivity contribution >= 4 is 11.6 Å². The van der Waals surface area contributed by atoms with Crippen LogP contribution in [0, 0.1) is 0 Å². The summed E-state index contributed by atoms with van der Waals surface area (Å²) in [5.74, 6) is 1.01. The highest BCUT2D eigenvalue weighted by atomic mass is 35.5. The van der Waals surface area contributed by atoms with E-state index in [1.165, 1.54) is 31.2 Å². The fourth-order valence-corrected chi connectivity index (χ4v) is 3.86. The molecule has 1 aromatic carbocycles. The van der Waals surface area contributed by atoms with E-state index in [2.05, 4.69) is 24.3 Å².